The van der Waals surface area contributed by atoms with Crippen molar-refractivity contribution in [1.82, 2.24) is 0 Å². The molecule has 0 bridgehead atoms. The van der Waals surface area contributed by atoms with E-state index in [-0.39, 0.29) is 0 Å². The number of fused-ring (bicyclic) bond motifs is 1. The van der Waals surface area contributed by atoms with E-state index in [2.05, 4.69) is 6.92 Å². The molecule has 2 heterocycles. The minimum atomic E-state index is -0.882. The Bertz CT molecular complexity index is 753. The summed E-state index contributed by atoms with van der Waals surface area (Å²) in [5.74, 6) is 0.448. The molecule has 1 aromatic heterocycles. The molecular weight excluding hydrogens is 272 g/mol. The Morgan fingerprint density at radius 3 is 2.86 bits per heavy atom. The molecule has 0 N–H and O–H groups in total. The molecule has 0 saturated carbocycles. The average molecular weight is 288 g/mol. The maximum absolute atomic E-state index is 12.0. The Balaban J connectivity index is 2.28. The van der Waals surface area contributed by atoms with Crippen LogP contribution in [0.2, 0.25) is 0 Å². The van der Waals surface area contributed by atoms with Gasteiger partial charge in [-0.25, -0.2) is 4.79 Å². The summed E-state index contributed by atoms with van der Waals surface area (Å²) >= 11 is 0. The molecule has 1 aliphatic heterocycles. The van der Waals surface area contributed by atoms with E-state index < -0.39 is 16.2 Å². The first-order valence-electron chi connectivity index (χ1n) is 7.03. The molecule has 0 amide bonds. The lowest BCUT2D eigenvalue weighted by atomic mass is 9.99. The fourth-order valence-corrected chi connectivity index (χ4v) is 3.00. The van der Waals surface area contributed by atoms with Crippen LogP contribution in [0.1, 0.15) is 19.8 Å². The van der Waals surface area contributed by atoms with Crippen LogP contribution in [0.15, 0.2) is 33.5 Å². The van der Waals surface area contributed by atoms with E-state index in [1.165, 1.54) is 0 Å². The van der Waals surface area contributed by atoms with Gasteiger partial charge in [-0.2, -0.15) is 0 Å². The fraction of sp³-hybridized carbons (Fsp3) is 0.400. The molecule has 1 atom stereocenters. The predicted octanol–water partition coefficient (Wildman–Crippen LogP) is 2.94. The van der Waals surface area contributed by atoms with Crippen LogP contribution in [0.25, 0.3) is 11.0 Å². The highest BCUT2D eigenvalue weighted by molar-refractivity contribution is 5.94. The number of para-hydroxylation sites is 1. The van der Waals surface area contributed by atoms with Crippen LogP contribution in [-0.4, -0.2) is 18.0 Å². The van der Waals surface area contributed by atoms with Gasteiger partial charge in [-0.15, -0.1) is 0 Å². The minimum absolute atomic E-state index is 0.390. The number of piperidine rings is 1. The van der Waals surface area contributed by atoms with Gasteiger partial charge in [0.2, 0.25) is 0 Å². The molecule has 0 aliphatic carbocycles. The Morgan fingerprint density at radius 2 is 2.14 bits per heavy atom. The summed E-state index contributed by atoms with van der Waals surface area (Å²) in [7, 11) is 0. The van der Waals surface area contributed by atoms with E-state index in [1.807, 2.05) is 4.90 Å². The zero-order valence-electron chi connectivity index (χ0n) is 11.7. The maximum Gasteiger partial charge on any atom is 0.417 e. The summed E-state index contributed by atoms with van der Waals surface area (Å²) in [6.45, 7) is 3.55. The topological polar surface area (TPSA) is 76.6 Å². The van der Waals surface area contributed by atoms with Gasteiger partial charge in [-0.05, 0) is 30.9 Å². The first kappa shape index (κ1) is 13.6. The zero-order chi connectivity index (χ0) is 15.0. The third kappa shape index (κ3) is 2.37. The lowest BCUT2D eigenvalue weighted by Crippen LogP contribution is -2.35. The summed E-state index contributed by atoms with van der Waals surface area (Å²) in [4.78, 5) is 24.6. The third-order valence-corrected chi connectivity index (χ3v) is 3.92. The van der Waals surface area contributed by atoms with E-state index in [9.17, 15) is 14.9 Å². The molecule has 3 rings (SSSR count). The van der Waals surface area contributed by atoms with Crippen LogP contribution in [-0.2, 0) is 0 Å². The van der Waals surface area contributed by atoms with Gasteiger partial charge in [0.05, 0.1) is 4.92 Å². The molecule has 1 saturated heterocycles. The smallest absolute Gasteiger partial charge is 0.417 e. The summed E-state index contributed by atoms with van der Waals surface area (Å²) in [5.41, 5.74) is -0.547. The summed E-state index contributed by atoms with van der Waals surface area (Å²) < 4.78 is 5.09. The molecule has 1 aromatic carbocycles. The van der Waals surface area contributed by atoms with Crippen molar-refractivity contribution >= 4 is 22.3 Å². The van der Waals surface area contributed by atoms with E-state index in [0.717, 1.165) is 19.4 Å². The highest BCUT2D eigenvalue weighted by Crippen LogP contribution is 2.35. The SMILES string of the molecule is C[C@@H]1CCCN(c2c([N+](=O)[O-])c(=O)oc3ccccc23)C1. The Labute approximate surface area is 121 Å². The quantitative estimate of drug-likeness (QED) is 0.482. The number of rotatable bonds is 2. The van der Waals surface area contributed by atoms with Crippen molar-refractivity contribution in [2.45, 2.75) is 19.8 Å². The van der Waals surface area contributed by atoms with Crippen LogP contribution in [0, 0.1) is 16.0 Å². The van der Waals surface area contributed by atoms with Gasteiger partial charge in [0.15, 0.2) is 0 Å². The molecule has 21 heavy (non-hydrogen) atoms. The molecule has 1 fully saturated rings. The van der Waals surface area contributed by atoms with Crippen molar-refractivity contribution < 1.29 is 9.34 Å². The Kier molecular flexibility index (Phi) is 3.37. The van der Waals surface area contributed by atoms with Gasteiger partial charge in [-0.3, -0.25) is 10.1 Å². The monoisotopic (exact) mass is 288 g/mol. The second kappa shape index (κ2) is 5.20. The van der Waals surface area contributed by atoms with Crippen molar-refractivity contribution in [3.63, 3.8) is 0 Å². The second-order valence-electron chi connectivity index (χ2n) is 5.53. The van der Waals surface area contributed by atoms with Gasteiger partial charge >= 0.3 is 11.3 Å². The molecule has 1 aliphatic rings. The van der Waals surface area contributed by atoms with Gasteiger partial charge in [0.25, 0.3) is 0 Å². The molecule has 0 radical (unpaired) electrons. The van der Waals surface area contributed by atoms with Crippen LogP contribution in [0.5, 0.6) is 0 Å². The minimum Gasteiger partial charge on any atom is -0.418 e. The van der Waals surface area contributed by atoms with Crippen LogP contribution in [0.4, 0.5) is 11.4 Å². The van der Waals surface area contributed by atoms with E-state index in [4.69, 9.17) is 4.42 Å². The summed E-state index contributed by atoms with van der Waals surface area (Å²) in [6.07, 6.45) is 2.07. The van der Waals surface area contributed by atoms with Crippen molar-refractivity contribution in [2.75, 3.05) is 18.0 Å². The van der Waals surface area contributed by atoms with Crippen molar-refractivity contribution in [2.24, 2.45) is 5.92 Å². The molecule has 0 spiro atoms. The average Bonchev–Trinajstić information content (AvgIpc) is 2.45. The first-order chi connectivity index (χ1) is 10.1. The third-order valence-electron chi connectivity index (χ3n) is 3.92. The molecule has 6 heteroatoms. The van der Waals surface area contributed by atoms with Crippen LogP contribution < -0.4 is 10.5 Å². The fourth-order valence-electron chi connectivity index (χ4n) is 3.00. The van der Waals surface area contributed by atoms with Crippen molar-refractivity contribution in [3.8, 4) is 0 Å². The highest BCUT2D eigenvalue weighted by atomic mass is 16.6. The van der Waals surface area contributed by atoms with Crippen molar-refractivity contribution in [1.29, 1.82) is 0 Å². The Morgan fingerprint density at radius 1 is 1.38 bits per heavy atom. The molecule has 110 valence electrons. The van der Waals surface area contributed by atoms with Gasteiger partial charge in [-0.1, -0.05) is 19.1 Å². The number of nitrogens with zero attached hydrogens (tertiary/aromatic N) is 2. The second-order valence-corrected chi connectivity index (χ2v) is 5.53. The maximum atomic E-state index is 12.0. The van der Waals surface area contributed by atoms with Crippen molar-refractivity contribution in [3.05, 3.63) is 44.8 Å². The van der Waals surface area contributed by atoms with Gasteiger partial charge < -0.3 is 9.32 Å². The lowest BCUT2D eigenvalue weighted by molar-refractivity contribution is -0.386. The molecular formula is C15H16N2O4. The van der Waals surface area contributed by atoms with Crippen LogP contribution in [0.3, 0.4) is 0 Å². The number of hydrogen-bond acceptors (Lipinski definition) is 5. The first-order valence-corrected chi connectivity index (χ1v) is 7.03. The van der Waals surface area contributed by atoms with Gasteiger partial charge in [0.1, 0.15) is 11.3 Å². The zero-order valence-corrected chi connectivity index (χ0v) is 11.7. The number of hydrogen-bond donors (Lipinski definition) is 0. The summed E-state index contributed by atoms with van der Waals surface area (Å²) in [6, 6.07) is 6.97. The molecule has 6 nitrogen and oxygen atoms in total. The van der Waals surface area contributed by atoms with E-state index in [0.29, 0.717) is 29.1 Å². The normalized spacial score (nSPS) is 18.9. The Hall–Kier alpha value is -2.37. The summed E-state index contributed by atoms with van der Waals surface area (Å²) in [5, 5.41) is 12.0. The predicted molar refractivity (Wildman–Crippen MR) is 79.7 cm³/mol. The standard InChI is InChI=1S/C15H16N2O4/c1-10-5-4-8-16(9-10)13-11-6-2-3-7-12(11)21-15(18)14(13)17(19)20/h2-3,6-7,10H,4-5,8-9H2,1H3/t10-/m1/s1. The largest absolute Gasteiger partial charge is 0.418 e. The lowest BCUT2D eigenvalue weighted by Gasteiger charge is -2.32. The highest BCUT2D eigenvalue weighted by Gasteiger charge is 2.30. The van der Waals surface area contributed by atoms with Gasteiger partial charge in [0, 0.05) is 18.5 Å². The van der Waals surface area contributed by atoms with E-state index in [1.54, 1.807) is 24.3 Å². The number of anilines is 1. The number of benzene rings is 1. The number of nitro groups is 1. The van der Waals surface area contributed by atoms with E-state index >= 15 is 0 Å². The molecule has 2 aromatic rings. The van der Waals surface area contributed by atoms with Crippen LogP contribution >= 0.6 is 0 Å². The molecule has 0 unspecified atom stereocenters.